The molecule has 1 aromatic heterocycles. The lowest BCUT2D eigenvalue weighted by Gasteiger charge is -2.33. The Kier molecular flexibility index (Phi) is 9.89. The molecule has 1 N–H and O–H groups in total. The van der Waals surface area contributed by atoms with E-state index in [1.807, 2.05) is 4.98 Å². The number of nitrogens with one attached hydrogen (secondary N) is 1. The number of aromatic amines is 1. The van der Waals surface area contributed by atoms with E-state index in [0.717, 1.165) is 16.8 Å². The van der Waals surface area contributed by atoms with Gasteiger partial charge in [0.25, 0.3) is 5.56 Å². The van der Waals surface area contributed by atoms with Crippen LogP contribution in [0.4, 0.5) is 0 Å². The van der Waals surface area contributed by atoms with Gasteiger partial charge in [-0.15, -0.1) is 0 Å². The van der Waals surface area contributed by atoms with Crippen molar-refractivity contribution in [1.29, 1.82) is 0 Å². The lowest BCUT2D eigenvalue weighted by atomic mass is 10.0. The monoisotopic (exact) mass is 627 g/mol. The third-order valence-corrected chi connectivity index (χ3v) is 8.02. The predicted molar refractivity (Wildman–Crippen MR) is 143 cm³/mol. The number of ether oxygens (including phenoxy) is 3. The van der Waals surface area contributed by atoms with E-state index in [1.54, 1.807) is 24.3 Å². The minimum atomic E-state index is -4.37. The first kappa shape index (κ1) is 31.4. The van der Waals surface area contributed by atoms with Gasteiger partial charge in [0.15, 0.2) is 18.4 Å². The van der Waals surface area contributed by atoms with Crippen LogP contribution in [0.25, 0.3) is 10.4 Å². The molecular formula is C24H27ClN5O11P. The molecule has 0 radical (unpaired) electrons. The Hall–Kier alpha value is -3.49. The lowest BCUT2D eigenvalue weighted by Crippen LogP contribution is -2.49. The standard InChI is InChI=1S/C24H27ClN5O11P/c1-3-18(32)38-20-21(39-19(33)4-2)24(28-29-26,40-22(20)30-10-8-17(31)27-23(30)34)13-37-42(35)36-11-9-16(41-42)14-6-5-7-15(25)12-14/h5-8,10,12,16,20-22H,3-4,9,11,13H2,1-2H3,(H,27,31,34)/t16-,20+,21-,22+,24+,42+/m0/s1. The second-order valence-corrected chi connectivity index (χ2v) is 11.2. The number of nitrogens with zero attached hydrogens (tertiary/aromatic N) is 4. The van der Waals surface area contributed by atoms with Crippen molar-refractivity contribution < 1.29 is 41.9 Å². The minimum Gasteiger partial charge on any atom is -0.455 e. The third-order valence-electron chi connectivity index (χ3n) is 6.33. The van der Waals surface area contributed by atoms with E-state index >= 15 is 0 Å². The molecule has 2 fully saturated rings. The van der Waals surface area contributed by atoms with E-state index in [9.17, 15) is 29.3 Å². The van der Waals surface area contributed by atoms with Gasteiger partial charge in [0.2, 0.25) is 5.72 Å². The number of H-pyrrole nitrogens is 1. The Morgan fingerprint density at radius 3 is 2.64 bits per heavy atom. The first-order valence-electron chi connectivity index (χ1n) is 12.8. The van der Waals surface area contributed by atoms with Crippen LogP contribution >= 0.6 is 19.4 Å². The Labute approximate surface area is 243 Å². The first-order chi connectivity index (χ1) is 20.0. The Morgan fingerprint density at radius 2 is 1.98 bits per heavy atom. The average molecular weight is 628 g/mol. The molecule has 42 heavy (non-hydrogen) atoms. The highest BCUT2D eigenvalue weighted by Gasteiger charge is 2.61. The average Bonchev–Trinajstić information content (AvgIpc) is 3.24. The summed E-state index contributed by atoms with van der Waals surface area (Å²) in [6, 6.07) is 7.69. The third kappa shape index (κ3) is 6.93. The van der Waals surface area contributed by atoms with Crippen molar-refractivity contribution in [2.45, 2.75) is 63.4 Å². The molecule has 2 aliphatic heterocycles. The number of azide groups is 1. The molecule has 0 bridgehead atoms. The van der Waals surface area contributed by atoms with E-state index < -0.39 is 67.9 Å². The van der Waals surface area contributed by atoms with Crippen LogP contribution in [0, 0.1) is 0 Å². The van der Waals surface area contributed by atoms with Crippen LogP contribution in [-0.4, -0.2) is 52.6 Å². The lowest BCUT2D eigenvalue weighted by molar-refractivity contribution is -0.173. The smallest absolute Gasteiger partial charge is 0.455 e. The summed E-state index contributed by atoms with van der Waals surface area (Å²) >= 11 is 6.08. The number of benzene rings is 1. The van der Waals surface area contributed by atoms with Crippen LogP contribution in [0.15, 0.2) is 51.2 Å². The largest absolute Gasteiger partial charge is 0.475 e. The van der Waals surface area contributed by atoms with Crippen LogP contribution in [0.2, 0.25) is 5.02 Å². The van der Waals surface area contributed by atoms with Crippen molar-refractivity contribution >= 4 is 31.4 Å². The highest BCUT2D eigenvalue weighted by atomic mass is 35.5. The number of phosphoric acid groups is 1. The maximum atomic E-state index is 13.6. The zero-order valence-corrected chi connectivity index (χ0v) is 24.1. The molecule has 6 atom stereocenters. The van der Waals surface area contributed by atoms with Crippen molar-refractivity contribution in [2.24, 2.45) is 5.11 Å². The van der Waals surface area contributed by atoms with Crippen LogP contribution in [0.1, 0.15) is 51.0 Å². The van der Waals surface area contributed by atoms with Gasteiger partial charge >= 0.3 is 25.5 Å². The minimum absolute atomic E-state index is 0.0375. The number of hydrogen-bond acceptors (Lipinski definition) is 12. The maximum absolute atomic E-state index is 13.6. The molecule has 0 unspecified atom stereocenters. The quantitative estimate of drug-likeness (QED) is 0.132. The molecule has 0 aliphatic carbocycles. The summed E-state index contributed by atoms with van der Waals surface area (Å²) in [6.07, 6.45) is -4.52. The summed E-state index contributed by atoms with van der Waals surface area (Å²) in [7, 11) is -4.37. The van der Waals surface area contributed by atoms with Gasteiger partial charge in [-0.2, -0.15) is 0 Å². The number of rotatable bonds is 10. The fraction of sp³-hybridized carbons (Fsp3) is 0.500. The predicted octanol–water partition coefficient (Wildman–Crippen LogP) is 3.67. The molecule has 0 saturated carbocycles. The van der Waals surface area contributed by atoms with E-state index in [4.69, 9.17) is 39.4 Å². The normalized spacial score (nSPS) is 28.9. The zero-order valence-electron chi connectivity index (χ0n) is 22.4. The van der Waals surface area contributed by atoms with Crippen LogP contribution < -0.4 is 11.2 Å². The molecule has 0 spiro atoms. The van der Waals surface area contributed by atoms with E-state index in [-0.39, 0.29) is 19.4 Å². The number of phosphoric ester groups is 1. The van der Waals surface area contributed by atoms with E-state index in [1.165, 1.54) is 13.8 Å². The van der Waals surface area contributed by atoms with Gasteiger partial charge in [0.1, 0.15) is 0 Å². The SMILES string of the molecule is CCC(=O)O[C@H]1[C@H](n2ccc(=O)[nH]c2=O)O[C@@](CO[P@@]2(=O)OCC[C@@H](c3cccc(Cl)c3)O2)(N=[N+]=[N-])[C@H]1OC(=O)CC. The summed E-state index contributed by atoms with van der Waals surface area (Å²) in [5, 5.41) is 4.09. The van der Waals surface area contributed by atoms with Gasteiger partial charge in [-0.25, -0.2) is 9.36 Å². The summed E-state index contributed by atoms with van der Waals surface area (Å²) in [4.78, 5) is 54.1. The molecule has 2 aliphatic rings. The van der Waals surface area contributed by atoms with Crippen molar-refractivity contribution in [2.75, 3.05) is 13.2 Å². The second kappa shape index (κ2) is 13.2. The van der Waals surface area contributed by atoms with Crippen LogP contribution in [0.5, 0.6) is 0 Å². The van der Waals surface area contributed by atoms with Gasteiger partial charge < -0.3 is 14.2 Å². The van der Waals surface area contributed by atoms with Gasteiger partial charge in [0.05, 0.1) is 19.3 Å². The van der Waals surface area contributed by atoms with E-state index in [2.05, 4.69) is 10.0 Å². The van der Waals surface area contributed by atoms with Crippen LogP contribution in [0.3, 0.4) is 0 Å². The first-order valence-corrected chi connectivity index (χ1v) is 14.6. The topological polar surface area (TPSA) is 210 Å². The second-order valence-electron chi connectivity index (χ2n) is 9.12. The molecule has 18 heteroatoms. The van der Waals surface area contributed by atoms with Gasteiger partial charge in [-0.05, 0) is 23.2 Å². The number of hydrogen-bond donors (Lipinski definition) is 1. The Balaban J connectivity index is 1.72. The summed E-state index contributed by atoms with van der Waals surface area (Å²) < 4.78 is 47.9. The summed E-state index contributed by atoms with van der Waals surface area (Å²) in [6.45, 7) is 2.05. The molecule has 2 aromatic rings. The fourth-order valence-electron chi connectivity index (χ4n) is 4.32. The summed E-state index contributed by atoms with van der Waals surface area (Å²) in [5.41, 5.74) is 6.05. The van der Waals surface area contributed by atoms with Crippen molar-refractivity contribution in [3.8, 4) is 0 Å². The van der Waals surface area contributed by atoms with Gasteiger partial charge in [-0.1, -0.05) is 42.7 Å². The van der Waals surface area contributed by atoms with Gasteiger partial charge in [-0.3, -0.25) is 37.5 Å². The number of halogens is 1. The highest BCUT2D eigenvalue weighted by molar-refractivity contribution is 7.48. The Bertz CT molecular complexity index is 1540. The molecule has 16 nitrogen and oxygen atoms in total. The number of esters is 2. The van der Waals surface area contributed by atoms with Gasteiger partial charge in [0, 0.05) is 41.5 Å². The molecule has 2 saturated heterocycles. The highest BCUT2D eigenvalue weighted by Crippen LogP contribution is 2.58. The zero-order chi connectivity index (χ0) is 30.5. The number of carbonyl (C=O) groups is 2. The van der Waals surface area contributed by atoms with Crippen molar-refractivity contribution in [3.63, 3.8) is 0 Å². The maximum Gasteiger partial charge on any atom is 0.475 e. The fourth-order valence-corrected chi connectivity index (χ4v) is 5.92. The number of aromatic nitrogens is 2. The van der Waals surface area contributed by atoms with Crippen molar-refractivity contribution in [3.05, 3.63) is 78.4 Å². The molecule has 3 heterocycles. The molecule has 226 valence electrons. The number of carbonyl (C=O) groups excluding carboxylic acids is 2. The Morgan fingerprint density at radius 1 is 1.24 bits per heavy atom. The summed E-state index contributed by atoms with van der Waals surface area (Å²) in [5.74, 6) is -1.59. The van der Waals surface area contributed by atoms with Crippen LogP contribution in [-0.2, 0) is 41.9 Å². The molecule has 0 amide bonds. The molecule has 4 rings (SSSR count). The van der Waals surface area contributed by atoms with Crippen molar-refractivity contribution in [1.82, 2.24) is 9.55 Å². The molecule has 1 aromatic carbocycles. The van der Waals surface area contributed by atoms with E-state index in [0.29, 0.717) is 17.0 Å². The molecular weight excluding hydrogens is 601 g/mol.